The smallest absolute Gasteiger partial charge is 0.244 e. The van der Waals surface area contributed by atoms with Crippen LogP contribution in [0.2, 0.25) is 5.02 Å². The van der Waals surface area contributed by atoms with E-state index in [1.165, 1.54) is 23.5 Å². The molecule has 3 rings (SSSR count). The molecule has 1 N–H and O–H groups in total. The van der Waals surface area contributed by atoms with E-state index < -0.39 is 16.1 Å². The highest BCUT2D eigenvalue weighted by atomic mass is 35.5. The number of aryl methyl sites for hydroxylation is 1. The largest absolute Gasteiger partial charge is 0.495 e. The molecule has 1 saturated heterocycles. The number of hydrogen-bond acceptors (Lipinski definition) is 6. The van der Waals surface area contributed by atoms with Gasteiger partial charge in [-0.1, -0.05) is 23.7 Å². The monoisotopic (exact) mass is 476 g/mol. The third kappa shape index (κ3) is 4.89. The van der Waals surface area contributed by atoms with Gasteiger partial charge in [-0.05, 0) is 37.6 Å². The van der Waals surface area contributed by atoms with E-state index in [1.807, 2.05) is 17.9 Å². The molecule has 0 aromatic heterocycles. The zero-order chi connectivity index (χ0) is 23.5. The van der Waals surface area contributed by atoms with Gasteiger partial charge in [-0.25, -0.2) is 8.42 Å². The number of benzene rings is 2. The van der Waals surface area contributed by atoms with Crippen molar-refractivity contribution < 1.29 is 17.9 Å². The van der Waals surface area contributed by atoms with Gasteiger partial charge in [0.1, 0.15) is 11.8 Å². The van der Waals surface area contributed by atoms with E-state index in [2.05, 4.69) is 5.32 Å². The van der Waals surface area contributed by atoms with Crippen LogP contribution in [-0.4, -0.2) is 62.9 Å². The Morgan fingerprint density at radius 3 is 2.50 bits per heavy atom. The normalized spacial score (nSPS) is 16.2. The molecule has 32 heavy (non-hydrogen) atoms. The summed E-state index contributed by atoms with van der Waals surface area (Å²) in [4.78, 5) is 14.8. The summed E-state index contributed by atoms with van der Waals surface area (Å²) < 4.78 is 32.7. The first-order valence-corrected chi connectivity index (χ1v) is 11.9. The van der Waals surface area contributed by atoms with Crippen LogP contribution in [0.3, 0.4) is 0 Å². The summed E-state index contributed by atoms with van der Waals surface area (Å²) in [5, 5.41) is 12.7. The van der Waals surface area contributed by atoms with Crippen LogP contribution in [0.4, 0.5) is 5.69 Å². The quantitative estimate of drug-likeness (QED) is 0.687. The lowest BCUT2D eigenvalue weighted by Gasteiger charge is -2.36. The number of carbonyl (C=O) groups is 1. The summed E-state index contributed by atoms with van der Waals surface area (Å²) in [5.74, 6) is 0.240. The second kappa shape index (κ2) is 9.88. The highest BCUT2D eigenvalue weighted by molar-refractivity contribution is 7.89. The van der Waals surface area contributed by atoms with Gasteiger partial charge in [0.2, 0.25) is 15.9 Å². The first kappa shape index (κ1) is 24.0. The predicted molar refractivity (Wildman–Crippen MR) is 122 cm³/mol. The van der Waals surface area contributed by atoms with E-state index in [-0.39, 0.29) is 29.5 Å². The molecule has 0 radical (unpaired) electrons. The molecule has 8 nitrogen and oxygen atoms in total. The van der Waals surface area contributed by atoms with E-state index in [0.29, 0.717) is 29.5 Å². The molecule has 0 bridgehead atoms. The lowest BCUT2D eigenvalue weighted by atomic mass is 10.1. The van der Waals surface area contributed by atoms with E-state index in [0.717, 1.165) is 5.56 Å². The Balaban J connectivity index is 1.67. The molecule has 0 aliphatic carbocycles. The summed E-state index contributed by atoms with van der Waals surface area (Å²) in [5.41, 5.74) is 1.46. The van der Waals surface area contributed by atoms with Gasteiger partial charge < -0.3 is 10.1 Å². The SMILES string of the molecule is COc1cc(Cl)c(C)cc1NC(=O)C(C)N1CCN(S(=O)(=O)c2ccccc2C#N)CC1. The van der Waals surface area contributed by atoms with Gasteiger partial charge in [-0.15, -0.1) is 0 Å². The molecule has 1 aliphatic rings. The Labute approximate surface area is 193 Å². The van der Waals surface area contributed by atoms with E-state index >= 15 is 0 Å². The molecule has 1 unspecified atom stereocenters. The van der Waals surface area contributed by atoms with Crippen LogP contribution in [0, 0.1) is 18.3 Å². The van der Waals surface area contributed by atoms with Crippen LogP contribution < -0.4 is 10.1 Å². The Morgan fingerprint density at radius 2 is 1.88 bits per heavy atom. The van der Waals surface area contributed by atoms with Crippen molar-refractivity contribution in [3.63, 3.8) is 0 Å². The molecule has 10 heteroatoms. The molecular formula is C22H25ClN4O4S. The van der Waals surface area contributed by atoms with Gasteiger partial charge in [0, 0.05) is 37.3 Å². The third-order valence-corrected chi connectivity index (χ3v) is 7.93. The Bertz CT molecular complexity index is 1160. The van der Waals surface area contributed by atoms with Crippen molar-refractivity contribution in [2.45, 2.75) is 24.8 Å². The molecule has 1 aliphatic heterocycles. The van der Waals surface area contributed by atoms with Crippen molar-refractivity contribution >= 4 is 33.2 Å². The summed E-state index contributed by atoms with van der Waals surface area (Å²) in [6.45, 7) is 4.84. The van der Waals surface area contributed by atoms with Crippen LogP contribution >= 0.6 is 11.6 Å². The van der Waals surface area contributed by atoms with Crippen LogP contribution in [0.5, 0.6) is 5.75 Å². The number of piperazine rings is 1. The van der Waals surface area contributed by atoms with Crippen molar-refractivity contribution in [2.24, 2.45) is 0 Å². The average molecular weight is 477 g/mol. The second-order valence-electron chi connectivity index (χ2n) is 7.51. The Hall–Kier alpha value is -2.64. The zero-order valence-corrected chi connectivity index (χ0v) is 19.7. The van der Waals surface area contributed by atoms with Crippen molar-refractivity contribution in [3.05, 3.63) is 52.5 Å². The molecule has 0 saturated carbocycles. The highest BCUT2D eigenvalue weighted by Gasteiger charge is 2.33. The number of halogens is 1. The molecule has 1 atom stereocenters. The topological polar surface area (TPSA) is 103 Å². The molecule has 2 aromatic rings. The number of rotatable bonds is 6. The van der Waals surface area contributed by atoms with Crippen molar-refractivity contribution in [2.75, 3.05) is 38.6 Å². The fraction of sp³-hybridized carbons (Fsp3) is 0.364. The number of hydrogen-bond donors (Lipinski definition) is 1. The number of sulfonamides is 1. The summed E-state index contributed by atoms with van der Waals surface area (Å²) in [6.07, 6.45) is 0. The number of amides is 1. The maximum Gasteiger partial charge on any atom is 0.244 e. The van der Waals surface area contributed by atoms with Crippen molar-refractivity contribution in [1.82, 2.24) is 9.21 Å². The number of nitrogens with zero attached hydrogens (tertiary/aromatic N) is 3. The Morgan fingerprint density at radius 1 is 1.22 bits per heavy atom. The van der Waals surface area contributed by atoms with E-state index in [9.17, 15) is 18.5 Å². The number of nitriles is 1. The van der Waals surface area contributed by atoms with Crippen LogP contribution in [0.1, 0.15) is 18.1 Å². The van der Waals surface area contributed by atoms with Gasteiger partial charge in [0.25, 0.3) is 0 Å². The van der Waals surface area contributed by atoms with Crippen LogP contribution in [0.25, 0.3) is 0 Å². The minimum Gasteiger partial charge on any atom is -0.495 e. The van der Waals surface area contributed by atoms with Gasteiger partial charge in [0.05, 0.1) is 29.3 Å². The van der Waals surface area contributed by atoms with E-state index in [4.69, 9.17) is 16.3 Å². The van der Waals surface area contributed by atoms with E-state index in [1.54, 1.807) is 31.2 Å². The molecule has 1 fully saturated rings. The van der Waals surface area contributed by atoms with Crippen molar-refractivity contribution in [3.8, 4) is 11.8 Å². The Kier molecular flexibility index (Phi) is 7.41. The van der Waals surface area contributed by atoms with Crippen molar-refractivity contribution in [1.29, 1.82) is 5.26 Å². The molecular weight excluding hydrogens is 452 g/mol. The second-order valence-corrected chi connectivity index (χ2v) is 9.83. The predicted octanol–water partition coefficient (Wildman–Crippen LogP) is 2.86. The fourth-order valence-electron chi connectivity index (χ4n) is 3.59. The third-order valence-electron chi connectivity index (χ3n) is 5.56. The summed E-state index contributed by atoms with van der Waals surface area (Å²) in [6, 6.07) is 11.0. The molecule has 170 valence electrons. The average Bonchev–Trinajstić information content (AvgIpc) is 2.80. The summed E-state index contributed by atoms with van der Waals surface area (Å²) in [7, 11) is -2.28. The van der Waals surface area contributed by atoms with Gasteiger partial charge >= 0.3 is 0 Å². The lowest BCUT2D eigenvalue weighted by Crippen LogP contribution is -2.54. The van der Waals surface area contributed by atoms with Crippen LogP contribution in [-0.2, 0) is 14.8 Å². The minimum atomic E-state index is -3.79. The summed E-state index contributed by atoms with van der Waals surface area (Å²) >= 11 is 6.13. The molecule has 1 amide bonds. The maximum atomic E-state index is 13.0. The van der Waals surface area contributed by atoms with Gasteiger partial charge in [-0.2, -0.15) is 9.57 Å². The number of carbonyl (C=O) groups excluding carboxylic acids is 1. The number of anilines is 1. The number of methoxy groups -OCH3 is 1. The first-order chi connectivity index (χ1) is 15.2. The number of nitrogens with one attached hydrogen (secondary N) is 1. The molecule has 2 aromatic carbocycles. The standard InChI is InChI=1S/C22H25ClN4O4S/c1-15-12-19(20(31-3)13-18(15)23)25-22(28)16(2)26-8-10-27(11-9-26)32(29,30)21-7-5-4-6-17(21)14-24/h4-7,12-13,16H,8-11H2,1-3H3,(H,25,28). The number of ether oxygens (including phenoxy) is 1. The lowest BCUT2D eigenvalue weighted by molar-refractivity contribution is -0.121. The maximum absolute atomic E-state index is 13.0. The molecule has 0 spiro atoms. The van der Waals surface area contributed by atoms with Gasteiger partial charge in [-0.3, -0.25) is 9.69 Å². The highest BCUT2D eigenvalue weighted by Crippen LogP contribution is 2.31. The van der Waals surface area contributed by atoms with Gasteiger partial charge in [0.15, 0.2) is 0 Å². The minimum absolute atomic E-state index is 0.00643. The molecule has 1 heterocycles. The fourth-order valence-corrected chi connectivity index (χ4v) is 5.31. The van der Waals surface area contributed by atoms with Crippen LogP contribution in [0.15, 0.2) is 41.3 Å². The zero-order valence-electron chi connectivity index (χ0n) is 18.1. The first-order valence-electron chi connectivity index (χ1n) is 10.1.